The van der Waals surface area contributed by atoms with E-state index in [1.165, 1.54) is 31.0 Å². The third-order valence-corrected chi connectivity index (χ3v) is 3.87. The van der Waals surface area contributed by atoms with Crippen LogP contribution in [0.2, 0.25) is 0 Å². The van der Waals surface area contributed by atoms with Crippen molar-refractivity contribution >= 4 is 17.7 Å². The summed E-state index contributed by atoms with van der Waals surface area (Å²) in [6, 6.07) is 11.0. The van der Waals surface area contributed by atoms with E-state index in [2.05, 4.69) is 0 Å². The molecule has 0 amide bonds. The average Bonchev–Trinajstić information content (AvgIpc) is 2.45. The minimum atomic E-state index is -0.973. The van der Waals surface area contributed by atoms with E-state index in [9.17, 15) is 9.18 Å². The van der Waals surface area contributed by atoms with Crippen LogP contribution < -0.4 is 4.74 Å². The van der Waals surface area contributed by atoms with Gasteiger partial charge in [0, 0.05) is 16.2 Å². The molecule has 0 aromatic heterocycles. The van der Waals surface area contributed by atoms with Crippen LogP contribution >= 0.6 is 11.8 Å². The van der Waals surface area contributed by atoms with E-state index >= 15 is 0 Å². The van der Waals surface area contributed by atoms with Crippen molar-refractivity contribution in [2.75, 3.05) is 7.11 Å². The van der Waals surface area contributed by atoms with Crippen LogP contribution in [0.4, 0.5) is 4.39 Å². The highest BCUT2D eigenvalue weighted by molar-refractivity contribution is 7.98. The van der Waals surface area contributed by atoms with Crippen molar-refractivity contribution in [3.05, 3.63) is 59.4 Å². The maximum absolute atomic E-state index is 13.3. The molecule has 0 saturated carbocycles. The number of hydrogen-bond acceptors (Lipinski definition) is 3. The Bertz CT molecular complexity index is 628. The van der Waals surface area contributed by atoms with Crippen molar-refractivity contribution in [2.45, 2.75) is 10.6 Å². The van der Waals surface area contributed by atoms with Crippen LogP contribution in [-0.4, -0.2) is 18.2 Å². The Morgan fingerprint density at radius 3 is 2.75 bits per heavy atom. The molecule has 0 atom stereocenters. The number of hydrogen-bond donors (Lipinski definition) is 1. The Balaban J connectivity index is 2.21. The van der Waals surface area contributed by atoms with Gasteiger partial charge in [0.1, 0.15) is 11.6 Å². The number of carbonyl (C=O) groups is 1. The summed E-state index contributed by atoms with van der Waals surface area (Å²) < 4.78 is 18.4. The molecular weight excluding hydrogens is 279 g/mol. The summed E-state index contributed by atoms with van der Waals surface area (Å²) in [4.78, 5) is 11.8. The summed E-state index contributed by atoms with van der Waals surface area (Å²) in [6.07, 6.45) is 0. The van der Waals surface area contributed by atoms with Gasteiger partial charge in [-0.3, -0.25) is 0 Å². The van der Waals surface area contributed by atoms with E-state index in [1.807, 2.05) is 0 Å². The standard InChI is InChI=1S/C15H13FO3S/c1-19-13-7-6-11(16)8-10(13)9-20-14-5-3-2-4-12(14)15(17)18/h2-8H,9H2,1H3,(H,17,18). The van der Waals surface area contributed by atoms with E-state index in [1.54, 1.807) is 30.3 Å². The van der Waals surface area contributed by atoms with Gasteiger partial charge >= 0.3 is 5.97 Å². The Kier molecular flexibility index (Phi) is 4.63. The number of benzene rings is 2. The predicted octanol–water partition coefficient (Wildman–Crippen LogP) is 3.82. The normalized spacial score (nSPS) is 10.3. The molecule has 0 aliphatic heterocycles. The summed E-state index contributed by atoms with van der Waals surface area (Å²) in [7, 11) is 1.52. The number of rotatable bonds is 5. The van der Waals surface area contributed by atoms with Crippen LogP contribution in [0, 0.1) is 5.82 Å². The second-order valence-corrected chi connectivity index (χ2v) is 5.06. The molecule has 0 aliphatic carbocycles. The monoisotopic (exact) mass is 292 g/mol. The lowest BCUT2D eigenvalue weighted by molar-refractivity contribution is 0.0693. The van der Waals surface area contributed by atoms with E-state index in [0.29, 0.717) is 22.0 Å². The molecular formula is C15H13FO3S. The first-order valence-electron chi connectivity index (χ1n) is 5.89. The lowest BCUT2D eigenvalue weighted by Crippen LogP contribution is -1.98. The number of carboxylic acid groups (broad SMARTS) is 1. The molecule has 104 valence electrons. The van der Waals surface area contributed by atoms with Crippen molar-refractivity contribution < 1.29 is 19.0 Å². The van der Waals surface area contributed by atoms with Gasteiger partial charge in [-0.2, -0.15) is 0 Å². The van der Waals surface area contributed by atoms with Crippen LogP contribution in [0.25, 0.3) is 0 Å². The number of ether oxygens (including phenoxy) is 1. The fraction of sp³-hybridized carbons (Fsp3) is 0.133. The van der Waals surface area contributed by atoms with Crippen LogP contribution in [0.3, 0.4) is 0 Å². The third-order valence-electron chi connectivity index (χ3n) is 2.74. The van der Waals surface area contributed by atoms with Gasteiger partial charge in [-0.05, 0) is 30.3 Å². The largest absolute Gasteiger partial charge is 0.496 e. The fourth-order valence-electron chi connectivity index (χ4n) is 1.78. The Morgan fingerprint density at radius 2 is 2.05 bits per heavy atom. The zero-order valence-electron chi connectivity index (χ0n) is 10.8. The van der Waals surface area contributed by atoms with Crippen molar-refractivity contribution in [2.24, 2.45) is 0 Å². The number of thioether (sulfide) groups is 1. The number of carboxylic acids is 1. The average molecular weight is 292 g/mol. The first-order chi connectivity index (χ1) is 9.61. The smallest absolute Gasteiger partial charge is 0.336 e. The summed E-state index contributed by atoms with van der Waals surface area (Å²) in [5.41, 5.74) is 0.936. The highest BCUT2D eigenvalue weighted by Gasteiger charge is 2.11. The van der Waals surface area contributed by atoms with Gasteiger partial charge in [0.05, 0.1) is 12.7 Å². The van der Waals surface area contributed by atoms with Crippen LogP contribution in [0.5, 0.6) is 5.75 Å². The molecule has 2 aromatic rings. The summed E-state index contributed by atoms with van der Waals surface area (Å²) in [5.74, 6) is -0.287. The molecule has 3 nitrogen and oxygen atoms in total. The van der Waals surface area contributed by atoms with Crippen LogP contribution in [0.15, 0.2) is 47.4 Å². The molecule has 0 spiro atoms. The van der Waals surface area contributed by atoms with Gasteiger partial charge in [0.25, 0.3) is 0 Å². The molecule has 2 aromatic carbocycles. The molecule has 0 unspecified atom stereocenters. The van der Waals surface area contributed by atoms with E-state index in [-0.39, 0.29) is 11.4 Å². The zero-order valence-corrected chi connectivity index (χ0v) is 11.6. The van der Waals surface area contributed by atoms with E-state index < -0.39 is 5.97 Å². The lowest BCUT2D eigenvalue weighted by atomic mass is 10.2. The molecule has 2 rings (SSSR count). The minimum absolute atomic E-state index is 0.243. The van der Waals surface area contributed by atoms with Crippen molar-refractivity contribution in [1.82, 2.24) is 0 Å². The number of halogens is 1. The third kappa shape index (κ3) is 3.30. The molecule has 1 N–H and O–H groups in total. The van der Waals surface area contributed by atoms with Gasteiger partial charge in [-0.25, -0.2) is 9.18 Å². The molecule has 20 heavy (non-hydrogen) atoms. The van der Waals surface area contributed by atoms with Gasteiger partial charge < -0.3 is 9.84 Å². The van der Waals surface area contributed by atoms with Gasteiger partial charge in [0.2, 0.25) is 0 Å². The highest BCUT2D eigenvalue weighted by atomic mass is 32.2. The summed E-state index contributed by atoms with van der Waals surface area (Å²) in [6.45, 7) is 0. The minimum Gasteiger partial charge on any atom is -0.496 e. The predicted molar refractivity (Wildman–Crippen MR) is 75.9 cm³/mol. The zero-order chi connectivity index (χ0) is 14.5. The van der Waals surface area contributed by atoms with E-state index in [4.69, 9.17) is 9.84 Å². The maximum Gasteiger partial charge on any atom is 0.336 e. The molecule has 0 bridgehead atoms. The summed E-state index contributed by atoms with van der Waals surface area (Å²) in [5, 5.41) is 9.11. The first kappa shape index (κ1) is 14.4. The van der Waals surface area contributed by atoms with Crippen molar-refractivity contribution in [3.8, 4) is 5.75 Å². The molecule has 0 aliphatic rings. The molecule has 0 saturated heterocycles. The van der Waals surface area contributed by atoms with Gasteiger partial charge in [-0.1, -0.05) is 12.1 Å². The van der Waals surface area contributed by atoms with Crippen LogP contribution in [-0.2, 0) is 5.75 Å². The first-order valence-corrected chi connectivity index (χ1v) is 6.88. The van der Waals surface area contributed by atoms with E-state index in [0.717, 1.165) is 0 Å². The SMILES string of the molecule is COc1ccc(F)cc1CSc1ccccc1C(=O)O. The number of methoxy groups -OCH3 is 1. The Morgan fingerprint density at radius 1 is 1.30 bits per heavy atom. The number of aromatic carboxylic acids is 1. The second-order valence-electron chi connectivity index (χ2n) is 4.05. The van der Waals surface area contributed by atoms with Crippen molar-refractivity contribution in [1.29, 1.82) is 0 Å². The van der Waals surface area contributed by atoms with Gasteiger partial charge in [0.15, 0.2) is 0 Å². The lowest BCUT2D eigenvalue weighted by Gasteiger charge is -2.09. The quantitative estimate of drug-likeness (QED) is 0.851. The Labute approximate surface area is 120 Å². The topological polar surface area (TPSA) is 46.5 Å². The molecule has 0 radical (unpaired) electrons. The fourth-order valence-corrected chi connectivity index (χ4v) is 2.81. The Hall–Kier alpha value is -2.01. The van der Waals surface area contributed by atoms with Crippen LogP contribution in [0.1, 0.15) is 15.9 Å². The summed E-state index contributed by atoms with van der Waals surface area (Å²) >= 11 is 1.34. The van der Waals surface area contributed by atoms with Crippen molar-refractivity contribution in [3.63, 3.8) is 0 Å². The van der Waals surface area contributed by atoms with Gasteiger partial charge in [-0.15, -0.1) is 11.8 Å². The molecule has 0 heterocycles. The molecule has 5 heteroatoms. The molecule has 0 fully saturated rings. The highest BCUT2D eigenvalue weighted by Crippen LogP contribution is 2.30. The maximum atomic E-state index is 13.3. The second kappa shape index (κ2) is 6.43.